The highest BCUT2D eigenvalue weighted by Crippen LogP contribution is 2.25. The van der Waals surface area contributed by atoms with Gasteiger partial charge in [-0.25, -0.2) is 0 Å². The quantitative estimate of drug-likeness (QED) is 0.815. The lowest BCUT2D eigenvalue weighted by Gasteiger charge is -2.14. The Morgan fingerprint density at radius 2 is 2.05 bits per heavy atom. The number of halogens is 1. The van der Waals surface area contributed by atoms with Crippen LogP contribution in [0.25, 0.3) is 0 Å². The number of benzene rings is 1. The summed E-state index contributed by atoms with van der Waals surface area (Å²) in [5, 5.41) is 13.3. The molecule has 1 aliphatic carbocycles. The number of hydrogen-bond donors (Lipinski definition) is 2. The monoisotopic (exact) mass is 281 g/mol. The number of nitrogens with one attached hydrogen (secondary N) is 1. The van der Waals surface area contributed by atoms with Gasteiger partial charge in [-0.2, -0.15) is 0 Å². The Labute approximate surface area is 119 Å². The van der Waals surface area contributed by atoms with Crippen molar-refractivity contribution < 1.29 is 9.90 Å². The number of carbonyl (C=O) groups excluding carboxylic acids is 1. The molecule has 1 aliphatic rings. The number of carbonyl (C=O) groups is 1. The maximum atomic E-state index is 11.8. The second-order valence-corrected chi connectivity index (χ2v) is 5.56. The van der Waals surface area contributed by atoms with Crippen LogP contribution in [0.2, 0.25) is 5.02 Å². The first-order valence-electron chi connectivity index (χ1n) is 6.87. The molecule has 0 aromatic heterocycles. The molecule has 0 aliphatic heterocycles. The van der Waals surface area contributed by atoms with Crippen LogP contribution in [0, 0.1) is 5.92 Å². The van der Waals surface area contributed by atoms with Gasteiger partial charge < -0.3 is 10.4 Å². The van der Waals surface area contributed by atoms with Crippen molar-refractivity contribution in [3.63, 3.8) is 0 Å². The third-order valence-electron chi connectivity index (χ3n) is 3.67. The van der Waals surface area contributed by atoms with Gasteiger partial charge in [0.1, 0.15) is 0 Å². The van der Waals surface area contributed by atoms with Crippen LogP contribution in [-0.4, -0.2) is 23.7 Å². The number of amides is 1. The van der Waals surface area contributed by atoms with Crippen LogP contribution in [-0.2, 0) is 11.2 Å². The van der Waals surface area contributed by atoms with Crippen LogP contribution in [0.4, 0.5) is 0 Å². The van der Waals surface area contributed by atoms with Gasteiger partial charge in [-0.1, -0.05) is 23.7 Å². The first-order valence-corrected chi connectivity index (χ1v) is 7.25. The Morgan fingerprint density at radius 1 is 1.32 bits per heavy atom. The summed E-state index contributed by atoms with van der Waals surface area (Å²) in [6, 6.07) is 7.77. The van der Waals surface area contributed by atoms with Crippen molar-refractivity contribution in [2.24, 2.45) is 5.92 Å². The zero-order chi connectivity index (χ0) is 13.7. The third-order valence-corrected chi connectivity index (χ3v) is 3.92. The van der Waals surface area contributed by atoms with Crippen molar-refractivity contribution in [2.75, 3.05) is 6.54 Å². The summed E-state index contributed by atoms with van der Waals surface area (Å²) in [7, 11) is 0. The van der Waals surface area contributed by atoms with E-state index < -0.39 is 6.10 Å². The van der Waals surface area contributed by atoms with Gasteiger partial charge in [0.15, 0.2) is 0 Å². The lowest BCUT2D eigenvalue weighted by Crippen LogP contribution is -2.35. The molecule has 0 saturated heterocycles. The Morgan fingerprint density at radius 3 is 2.68 bits per heavy atom. The molecular weight excluding hydrogens is 262 g/mol. The Bertz CT molecular complexity index is 419. The molecular formula is C15H20ClNO2. The molecule has 1 amide bonds. The molecule has 1 saturated carbocycles. The molecule has 2 N–H and O–H groups in total. The number of rotatable bonds is 5. The number of aliphatic hydroxyl groups excluding tert-OH is 1. The molecule has 1 fully saturated rings. The first kappa shape index (κ1) is 14.4. The highest BCUT2D eigenvalue weighted by Gasteiger charge is 2.30. The molecule has 0 bridgehead atoms. The topological polar surface area (TPSA) is 49.3 Å². The van der Waals surface area contributed by atoms with Gasteiger partial charge in [-0.05, 0) is 49.8 Å². The fourth-order valence-electron chi connectivity index (χ4n) is 2.53. The molecule has 0 spiro atoms. The van der Waals surface area contributed by atoms with E-state index in [2.05, 4.69) is 5.32 Å². The summed E-state index contributed by atoms with van der Waals surface area (Å²) < 4.78 is 0. The third kappa shape index (κ3) is 4.22. The van der Waals surface area contributed by atoms with Crippen LogP contribution in [0.3, 0.4) is 0 Å². The molecule has 3 nitrogen and oxygen atoms in total. The summed E-state index contributed by atoms with van der Waals surface area (Å²) in [5.41, 5.74) is 1.22. The maximum Gasteiger partial charge on any atom is 0.225 e. The molecule has 0 heterocycles. The predicted octanol–water partition coefficient (Wildman–Crippen LogP) is 2.55. The lowest BCUT2D eigenvalue weighted by atomic mass is 10.1. The minimum atomic E-state index is -0.448. The van der Waals surface area contributed by atoms with E-state index in [4.69, 9.17) is 11.6 Å². The number of aryl methyl sites for hydroxylation is 1. The Kier molecular flexibility index (Phi) is 5.23. The van der Waals surface area contributed by atoms with Crippen LogP contribution in [0.15, 0.2) is 24.3 Å². The van der Waals surface area contributed by atoms with Gasteiger partial charge in [0.2, 0.25) is 5.91 Å². The molecule has 2 unspecified atom stereocenters. The molecule has 4 heteroatoms. The van der Waals surface area contributed by atoms with Gasteiger partial charge in [0.25, 0.3) is 0 Å². The van der Waals surface area contributed by atoms with E-state index in [1.54, 1.807) is 0 Å². The zero-order valence-electron chi connectivity index (χ0n) is 10.9. The Hall–Kier alpha value is -1.06. The SMILES string of the molecule is O=C(NCCCc1ccc(Cl)cc1)C1CCCC1O. The van der Waals surface area contributed by atoms with E-state index in [1.807, 2.05) is 24.3 Å². The van der Waals surface area contributed by atoms with E-state index in [0.717, 1.165) is 37.1 Å². The average Bonchev–Trinajstić information content (AvgIpc) is 2.83. The molecule has 1 aromatic carbocycles. The van der Waals surface area contributed by atoms with Crippen molar-refractivity contribution in [1.82, 2.24) is 5.32 Å². The molecule has 1 aromatic rings. The van der Waals surface area contributed by atoms with Crippen LogP contribution in [0.5, 0.6) is 0 Å². The van der Waals surface area contributed by atoms with Crippen molar-refractivity contribution >= 4 is 17.5 Å². The second-order valence-electron chi connectivity index (χ2n) is 5.13. The minimum absolute atomic E-state index is 0.00102. The van der Waals surface area contributed by atoms with E-state index in [9.17, 15) is 9.90 Å². The summed E-state index contributed by atoms with van der Waals surface area (Å²) in [6.45, 7) is 0.657. The molecule has 0 radical (unpaired) electrons. The standard InChI is InChI=1S/C15H20ClNO2/c16-12-8-6-11(7-9-12)3-2-10-17-15(19)13-4-1-5-14(13)18/h6-9,13-14,18H,1-5,10H2,(H,17,19). The van der Waals surface area contributed by atoms with Crippen molar-refractivity contribution in [3.8, 4) is 0 Å². The van der Waals surface area contributed by atoms with E-state index in [0.29, 0.717) is 6.54 Å². The largest absolute Gasteiger partial charge is 0.392 e. The van der Waals surface area contributed by atoms with E-state index >= 15 is 0 Å². The average molecular weight is 282 g/mol. The van der Waals surface area contributed by atoms with E-state index in [1.165, 1.54) is 5.56 Å². The van der Waals surface area contributed by atoms with Crippen molar-refractivity contribution in [3.05, 3.63) is 34.9 Å². The summed E-state index contributed by atoms with van der Waals surface area (Å²) in [4.78, 5) is 11.8. The second kappa shape index (κ2) is 6.92. The van der Waals surface area contributed by atoms with Crippen LogP contribution >= 0.6 is 11.6 Å². The van der Waals surface area contributed by atoms with Crippen LogP contribution < -0.4 is 5.32 Å². The number of aliphatic hydroxyl groups is 1. The molecule has 104 valence electrons. The van der Waals surface area contributed by atoms with Gasteiger partial charge in [-0.3, -0.25) is 4.79 Å². The summed E-state index contributed by atoms with van der Waals surface area (Å²) in [6.07, 6.45) is 3.88. The predicted molar refractivity (Wildman–Crippen MR) is 76.1 cm³/mol. The minimum Gasteiger partial charge on any atom is -0.392 e. The number of hydrogen-bond acceptors (Lipinski definition) is 2. The van der Waals surface area contributed by atoms with E-state index in [-0.39, 0.29) is 11.8 Å². The highest BCUT2D eigenvalue weighted by atomic mass is 35.5. The fraction of sp³-hybridized carbons (Fsp3) is 0.533. The highest BCUT2D eigenvalue weighted by molar-refractivity contribution is 6.30. The first-order chi connectivity index (χ1) is 9.16. The summed E-state index contributed by atoms with van der Waals surface area (Å²) >= 11 is 5.82. The zero-order valence-corrected chi connectivity index (χ0v) is 11.7. The van der Waals surface area contributed by atoms with Gasteiger partial charge in [0.05, 0.1) is 12.0 Å². The van der Waals surface area contributed by atoms with Gasteiger partial charge in [0, 0.05) is 11.6 Å². The maximum absolute atomic E-state index is 11.8. The molecule has 2 rings (SSSR count). The van der Waals surface area contributed by atoms with Crippen molar-refractivity contribution in [1.29, 1.82) is 0 Å². The van der Waals surface area contributed by atoms with Crippen molar-refractivity contribution in [2.45, 2.75) is 38.2 Å². The lowest BCUT2D eigenvalue weighted by molar-refractivity contribution is -0.127. The van der Waals surface area contributed by atoms with Crippen LogP contribution in [0.1, 0.15) is 31.2 Å². The molecule has 19 heavy (non-hydrogen) atoms. The fourth-order valence-corrected chi connectivity index (χ4v) is 2.66. The Balaban J connectivity index is 1.66. The smallest absolute Gasteiger partial charge is 0.225 e. The summed E-state index contributed by atoms with van der Waals surface area (Å²) in [5.74, 6) is -0.198. The molecule has 2 atom stereocenters. The van der Waals surface area contributed by atoms with Gasteiger partial charge in [-0.15, -0.1) is 0 Å². The van der Waals surface area contributed by atoms with Gasteiger partial charge >= 0.3 is 0 Å². The normalized spacial score (nSPS) is 22.4.